The van der Waals surface area contributed by atoms with Crippen LogP contribution in [0, 0.1) is 11.3 Å². The molecule has 1 aliphatic heterocycles. The van der Waals surface area contributed by atoms with Crippen molar-refractivity contribution in [1.29, 1.82) is 5.26 Å². The number of nitrogens with one attached hydrogen (secondary N) is 1. The van der Waals surface area contributed by atoms with E-state index < -0.39 is 21.4 Å². The first-order chi connectivity index (χ1) is 17.2. The number of nitriles is 1. The second-order valence-corrected chi connectivity index (χ2v) is 10.6. The zero-order valence-corrected chi connectivity index (χ0v) is 21.1. The molecule has 0 unspecified atom stereocenters. The molecular formula is C22H25F3N6O5S. The first-order valence-corrected chi connectivity index (χ1v) is 12.5. The number of piperidine rings is 1. The van der Waals surface area contributed by atoms with Crippen LogP contribution in [-0.4, -0.2) is 63.4 Å². The third-order valence-corrected chi connectivity index (χ3v) is 5.99. The number of pyridine rings is 1. The van der Waals surface area contributed by atoms with Gasteiger partial charge in [0.2, 0.25) is 0 Å². The van der Waals surface area contributed by atoms with E-state index in [1.807, 2.05) is 20.8 Å². The highest BCUT2D eigenvalue weighted by Crippen LogP contribution is 2.33. The molecule has 11 nitrogen and oxygen atoms in total. The van der Waals surface area contributed by atoms with E-state index in [1.165, 1.54) is 25.0 Å². The molecule has 37 heavy (non-hydrogen) atoms. The van der Waals surface area contributed by atoms with Crippen LogP contribution in [0.3, 0.4) is 0 Å². The minimum atomic E-state index is -5.90. The number of likely N-dealkylation sites (tertiary alicyclic amines) is 1. The van der Waals surface area contributed by atoms with E-state index in [9.17, 15) is 26.4 Å². The second kappa shape index (κ2) is 10.7. The molecule has 1 saturated heterocycles. The van der Waals surface area contributed by atoms with Crippen molar-refractivity contribution in [2.45, 2.75) is 51.1 Å². The molecule has 200 valence electrons. The van der Waals surface area contributed by atoms with Gasteiger partial charge in [0.05, 0.1) is 12.4 Å². The summed E-state index contributed by atoms with van der Waals surface area (Å²) in [6.45, 7) is 7.41. The Bertz CT molecular complexity index is 1380. The number of fused-ring (bicyclic) bond motifs is 1. The van der Waals surface area contributed by atoms with Crippen LogP contribution >= 0.6 is 0 Å². The number of amides is 1. The van der Waals surface area contributed by atoms with Gasteiger partial charge < -0.3 is 13.8 Å². The monoisotopic (exact) mass is 542 g/mol. The Kier molecular flexibility index (Phi) is 8.01. The van der Waals surface area contributed by atoms with Crippen molar-refractivity contribution in [3.63, 3.8) is 0 Å². The third kappa shape index (κ3) is 6.91. The first-order valence-electron chi connectivity index (χ1n) is 11.1. The summed E-state index contributed by atoms with van der Waals surface area (Å²) in [4.78, 5) is 13.3. The van der Waals surface area contributed by atoms with Crippen LogP contribution in [0.2, 0.25) is 0 Å². The number of alkyl halides is 3. The summed E-state index contributed by atoms with van der Waals surface area (Å²) >= 11 is 0. The zero-order valence-electron chi connectivity index (χ0n) is 20.2. The quantitative estimate of drug-likeness (QED) is 0.383. The lowest BCUT2D eigenvalue weighted by Gasteiger charge is -2.29. The molecule has 3 aromatic heterocycles. The van der Waals surface area contributed by atoms with E-state index in [1.54, 1.807) is 11.0 Å². The van der Waals surface area contributed by atoms with Crippen LogP contribution in [0.15, 0.2) is 30.9 Å². The predicted molar refractivity (Wildman–Crippen MR) is 125 cm³/mol. The lowest BCUT2D eigenvalue weighted by Crippen LogP contribution is -2.39. The Morgan fingerprint density at radius 3 is 2.35 bits per heavy atom. The highest BCUT2D eigenvalue weighted by atomic mass is 32.2. The van der Waals surface area contributed by atoms with Crippen molar-refractivity contribution in [1.82, 2.24) is 24.7 Å². The first kappa shape index (κ1) is 27.8. The smallest absolute Gasteiger partial charge is 0.444 e. The molecular weight excluding hydrogens is 517 g/mol. The van der Waals surface area contributed by atoms with E-state index in [2.05, 4.69) is 19.5 Å². The summed E-state index contributed by atoms with van der Waals surface area (Å²) in [6, 6.07) is 2.77. The fraction of sp³-hybridized carbons (Fsp3) is 0.455. The lowest BCUT2D eigenvalue weighted by molar-refractivity contribution is -0.0499. The molecule has 15 heteroatoms. The van der Waals surface area contributed by atoms with E-state index in [0.29, 0.717) is 5.56 Å². The number of nitrogens with zero attached hydrogens (tertiary/aromatic N) is 5. The van der Waals surface area contributed by atoms with Gasteiger partial charge in [0.15, 0.2) is 5.75 Å². The maximum atomic E-state index is 12.6. The van der Waals surface area contributed by atoms with Crippen LogP contribution in [0.4, 0.5) is 18.0 Å². The number of halogens is 3. The van der Waals surface area contributed by atoms with E-state index in [4.69, 9.17) is 10.00 Å². The number of hydrogen-bond donors (Lipinski definition) is 1. The van der Waals surface area contributed by atoms with Gasteiger partial charge in [-0.3, -0.25) is 5.10 Å². The fourth-order valence-corrected chi connectivity index (χ4v) is 3.82. The molecule has 1 amide bonds. The van der Waals surface area contributed by atoms with Crippen LogP contribution in [0.1, 0.15) is 45.6 Å². The number of carbonyl (C=O) groups is 1. The molecule has 1 N–H and O–H groups in total. The number of rotatable bonds is 3. The Hall–Kier alpha value is -3.80. The zero-order chi connectivity index (χ0) is 27.4. The van der Waals surface area contributed by atoms with Crippen LogP contribution in [0.25, 0.3) is 16.6 Å². The number of ether oxygens (including phenoxy) is 1. The fourth-order valence-electron chi connectivity index (χ4n) is 3.36. The van der Waals surface area contributed by atoms with Crippen molar-refractivity contribution >= 4 is 21.7 Å². The standard InChI is InChI=1S/C12H6F3N5O3S.C10H19NO2/c13-12(14,15)24(21,22)23-10-1-7(9-3-17-18-4-9)6-20-11(10)8(2-16)5-19-20;1-10(2,3)13-9(12)11-7-5-4-6-8-11/h1,3-6H,(H,17,18);4-8H2,1-3H3. The molecule has 0 atom stereocenters. The summed E-state index contributed by atoms with van der Waals surface area (Å²) in [5.74, 6) is -0.667. The lowest BCUT2D eigenvalue weighted by atomic mass is 10.1. The van der Waals surface area contributed by atoms with Gasteiger partial charge in [0.25, 0.3) is 0 Å². The molecule has 1 fully saturated rings. The second-order valence-electron chi connectivity index (χ2n) is 9.05. The van der Waals surface area contributed by atoms with Gasteiger partial charge in [0, 0.05) is 36.6 Å². The van der Waals surface area contributed by atoms with Gasteiger partial charge in [-0.15, -0.1) is 0 Å². The normalized spacial score (nSPS) is 14.5. The highest BCUT2D eigenvalue weighted by molar-refractivity contribution is 7.88. The van der Waals surface area contributed by atoms with Crippen molar-refractivity contribution < 1.29 is 35.3 Å². The van der Waals surface area contributed by atoms with E-state index >= 15 is 0 Å². The molecule has 0 radical (unpaired) electrons. The van der Waals surface area contributed by atoms with Gasteiger partial charge in [-0.2, -0.15) is 37.0 Å². The molecule has 0 bridgehead atoms. The average molecular weight is 543 g/mol. The average Bonchev–Trinajstić information content (AvgIpc) is 3.48. The van der Waals surface area contributed by atoms with Gasteiger partial charge in [-0.1, -0.05) is 0 Å². The van der Waals surface area contributed by atoms with E-state index in [-0.39, 0.29) is 28.3 Å². The summed E-state index contributed by atoms with van der Waals surface area (Å²) < 4.78 is 70.9. The topological polar surface area (TPSA) is 143 Å². The summed E-state index contributed by atoms with van der Waals surface area (Å²) in [7, 11) is -5.90. The maximum Gasteiger partial charge on any atom is 0.534 e. The molecule has 4 rings (SSSR count). The highest BCUT2D eigenvalue weighted by Gasteiger charge is 2.49. The van der Waals surface area contributed by atoms with Crippen molar-refractivity contribution in [3.8, 4) is 22.9 Å². The number of aromatic nitrogens is 4. The number of aromatic amines is 1. The Morgan fingerprint density at radius 2 is 1.81 bits per heavy atom. The molecule has 0 aromatic carbocycles. The Labute approximate surface area is 210 Å². The molecule has 0 spiro atoms. The molecule has 0 saturated carbocycles. The van der Waals surface area contributed by atoms with Gasteiger partial charge >= 0.3 is 21.7 Å². The number of carbonyl (C=O) groups excluding carboxylic acids is 1. The van der Waals surface area contributed by atoms with Gasteiger partial charge in [-0.05, 0) is 46.1 Å². The van der Waals surface area contributed by atoms with Gasteiger partial charge in [-0.25, -0.2) is 9.31 Å². The number of H-pyrrole nitrogens is 1. The minimum absolute atomic E-state index is 0.138. The minimum Gasteiger partial charge on any atom is -0.444 e. The largest absolute Gasteiger partial charge is 0.534 e. The SMILES string of the molecule is CC(C)(C)OC(=O)N1CCCCC1.N#Cc1cnn2cc(-c3cn[nH]c3)cc(OS(=O)(=O)C(F)(F)F)c12. The van der Waals surface area contributed by atoms with Gasteiger partial charge in [0.1, 0.15) is 22.8 Å². The van der Waals surface area contributed by atoms with Crippen LogP contribution in [-0.2, 0) is 14.9 Å². The third-order valence-electron chi connectivity index (χ3n) is 5.02. The van der Waals surface area contributed by atoms with Crippen molar-refractivity contribution in [2.75, 3.05) is 13.1 Å². The predicted octanol–water partition coefficient (Wildman–Crippen LogP) is 4.23. The summed E-state index contributed by atoms with van der Waals surface area (Å²) in [6.07, 6.45) is 8.59. The van der Waals surface area contributed by atoms with Crippen molar-refractivity contribution in [3.05, 3.63) is 36.4 Å². The summed E-state index contributed by atoms with van der Waals surface area (Å²) in [5.41, 5.74) is -5.56. The molecule has 3 aromatic rings. The molecule has 4 heterocycles. The molecule has 1 aliphatic rings. The van der Waals surface area contributed by atoms with Crippen molar-refractivity contribution in [2.24, 2.45) is 0 Å². The maximum absolute atomic E-state index is 12.6. The Balaban J connectivity index is 0.000000248. The summed E-state index contributed by atoms with van der Waals surface area (Å²) in [5, 5.41) is 19.0. The molecule has 0 aliphatic carbocycles. The van der Waals surface area contributed by atoms with Crippen LogP contribution < -0.4 is 4.18 Å². The van der Waals surface area contributed by atoms with E-state index in [0.717, 1.165) is 42.7 Å². The number of hydrogen-bond acceptors (Lipinski definition) is 8. The Morgan fingerprint density at radius 1 is 1.14 bits per heavy atom. The van der Waals surface area contributed by atoms with Crippen LogP contribution in [0.5, 0.6) is 5.75 Å².